The molecule has 0 aliphatic heterocycles. The first-order valence-corrected chi connectivity index (χ1v) is 11.5. The molecule has 23 heavy (non-hydrogen) atoms. The van der Waals surface area contributed by atoms with Gasteiger partial charge in [0.05, 0.1) is 0 Å². The van der Waals surface area contributed by atoms with E-state index in [0.29, 0.717) is 13.1 Å². The van der Waals surface area contributed by atoms with Gasteiger partial charge in [0.2, 0.25) is 0 Å². The molecule has 1 amide bonds. The highest BCUT2D eigenvalue weighted by Crippen LogP contribution is 2.24. The van der Waals surface area contributed by atoms with Crippen LogP contribution < -0.4 is 5.73 Å². The summed E-state index contributed by atoms with van der Waals surface area (Å²) in [5, 5.41) is 0. The van der Waals surface area contributed by atoms with Gasteiger partial charge in [-0.2, -0.15) is 0 Å². The van der Waals surface area contributed by atoms with Gasteiger partial charge in [0.15, 0.2) is 9.04 Å². The molecule has 0 spiro atoms. The van der Waals surface area contributed by atoms with Gasteiger partial charge in [-0.3, -0.25) is 4.90 Å². The first-order chi connectivity index (χ1) is 10.4. The lowest BCUT2D eigenvalue weighted by molar-refractivity contribution is -0.0239. The molecule has 0 bridgehead atoms. The third-order valence-electron chi connectivity index (χ3n) is 3.15. The maximum absolute atomic E-state index is 12.5. The molecule has 0 aromatic rings. The Hall–Kier alpha value is -0.593. The zero-order valence-electron chi connectivity index (χ0n) is 16.4. The predicted molar refractivity (Wildman–Crippen MR) is 99.1 cm³/mol. The van der Waals surface area contributed by atoms with Crippen LogP contribution in [0.4, 0.5) is 4.79 Å². The lowest BCUT2D eigenvalue weighted by Crippen LogP contribution is -2.48. The Morgan fingerprint density at radius 1 is 1.17 bits per heavy atom. The molecule has 1 unspecified atom stereocenters. The molecular weight excluding hydrogens is 308 g/mol. The summed E-state index contributed by atoms with van der Waals surface area (Å²) < 4.78 is 11.7. The number of amides is 1. The van der Waals surface area contributed by atoms with Crippen LogP contribution in [0, 0.1) is 5.41 Å². The molecule has 1 atom stereocenters. The van der Waals surface area contributed by atoms with E-state index in [0.717, 1.165) is 19.3 Å². The molecule has 6 heteroatoms. The molecule has 0 saturated carbocycles. The second-order valence-electron chi connectivity index (χ2n) is 8.55. The van der Waals surface area contributed by atoms with Crippen molar-refractivity contribution in [3.8, 4) is 0 Å². The summed E-state index contributed by atoms with van der Waals surface area (Å²) in [6, 6.07) is 0. The predicted octanol–water partition coefficient (Wildman–Crippen LogP) is 3.72. The van der Waals surface area contributed by atoms with Crippen LogP contribution in [-0.2, 0) is 9.16 Å². The second-order valence-corrected chi connectivity index (χ2v) is 10.9. The van der Waals surface area contributed by atoms with Crippen LogP contribution in [0.1, 0.15) is 60.8 Å². The fourth-order valence-electron chi connectivity index (χ4n) is 2.23. The first-order valence-electron chi connectivity index (χ1n) is 8.71. The third kappa shape index (κ3) is 11.6. The van der Waals surface area contributed by atoms with Crippen LogP contribution in [0.5, 0.6) is 0 Å². The summed E-state index contributed by atoms with van der Waals surface area (Å²) in [6.45, 7) is 17.4. The normalized spacial score (nSPS) is 14.0. The standard InChI is InChI=1S/C17H38N2O3Si/c1-16(2,3)11-9-10-14(22-23(7)8)19(13-12-18)15(20)21-17(4,5)6/h14,23H,9-13,18H2,1-8H3. The van der Waals surface area contributed by atoms with E-state index in [1.807, 2.05) is 20.8 Å². The van der Waals surface area contributed by atoms with Crippen LogP contribution in [0.15, 0.2) is 0 Å². The van der Waals surface area contributed by atoms with Crippen LogP contribution >= 0.6 is 0 Å². The van der Waals surface area contributed by atoms with Gasteiger partial charge in [0, 0.05) is 13.1 Å². The fourth-order valence-corrected chi connectivity index (χ4v) is 3.14. The van der Waals surface area contributed by atoms with Crippen LogP contribution in [0.3, 0.4) is 0 Å². The third-order valence-corrected chi connectivity index (χ3v) is 4.01. The highest BCUT2D eigenvalue weighted by molar-refractivity contribution is 6.48. The van der Waals surface area contributed by atoms with Crippen LogP contribution in [-0.4, -0.2) is 45.0 Å². The topological polar surface area (TPSA) is 64.8 Å². The molecule has 0 aromatic heterocycles. The number of nitrogens with two attached hydrogens (primary N) is 1. The number of hydrogen-bond donors (Lipinski definition) is 1. The monoisotopic (exact) mass is 346 g/mol. The van der Waals surface area contributed by atoms with Crippen LogP contribution in [0.2, 0.25) is 13.1 Å². The van der Waals surface area contributed by atoms with Crippen molar-refractivity contribution in [2.75, 3.05) is 13.1 Å². The molecule has 0 saturated heterocycles. The molecule has 2 N–H and O–H groups in total. The minimum absolute atomic E-state index is 0.234. The number of ether oxygens (including phenoxy) is 1. The lowest BCUT2D eigenvalue weighted by atomic mass is 9.89. The van der Waals surface area contributed by atoms with E-state index in [2.05, 4.69) is 33.9 Å². The Balaban J connectivity index is 4.98. The highest BCUT2D eigenvalue weighted by Gasteiger charge is 2.29. The minimum Gasteiger partial charge on any atom is -0.444 e. The summed E-state index contributed by atoms with van der Waals surface area (Å²) in [5.74, 6) is 0. The van der Waals surface area contributed by atoms with Gasteiger partial charge in [0.25, 0.3) is 0 Å². The van der Waals surface area contributed by atoms with E-state index in [-0.39, 0.29) is 17.7 Å². The van der Waals surface area contributed by atoms with Gasteiger partial charge < -0.3 is 14.9 Å². The summed E-state index contributed by atoms with van der Waals surface area (Å²) in [5.41, 5.74) is 5.47. The molecule has 138 valence electrons. The van der Waals surface area contributed by atoms with Crippen molar-refractivity contribution < 1.29 is 14.0 Å². The maximum Gasteiger partial charge on any atom is 0.412 e. The minimum atomic E-state index is -1.28. The first kappa shape index (κ1) is 22.4. The quantitative estimate of drug-likeness (QED) is 0.537. The SMILES string of the molecule is C[SiH](C)OC(CCCC(C)(C)C)N(CCN)C(=O)OC(C)(C)C. The lowest BCUT2D eigenvalue weighted by Gasteiger charge is -2.35. The van der Waals surface area contributed by atoms with Gasteiger partial charge in [-0.05, 0) is 58.5 Å². The van der Waals surface area contributed by atoms with E-state index in [1.54, 1.807) is 4.90 Å². The van der Waals surface area contributed by atoms with E-state index in [9.17, 15) is 4.79 Å². The van der Waals surface area contributed by atoms with Gasteiger partial charge in [-0.25, -0.2) is 4.79 Å². The summed E-state index contributed by atoms with van der Waals surface area (Å²) in [6.07, 6.45) is 2.36. The van der Waals surface area contributed by atoms with Crippen molar-refractivity contribution in [2.45, 2.75) is 85.7 Å². The zero-order valence-corrected chi connectivity index (χ0v) is 17.6. The molecule has 0 aliphatic carbocycles. The summed E-state index contributed by atoms with van der Waals surface area (Å²) in [4.78, 5) is 14.2. The van der Waals surface area contributed by atoms with Gasteiger partial charge in [-0.15, -0.1) is 0 Å². The molecule has 0 aliphatic rings. The van der Waals surface area contributed by atoms with Crippen molar-refractivity contribution >= 4 is 15.1 Å². The van der Waals surface area contributed by atoms with E-state index in [1.165, 1.54) is 0 Å². The van der Waals surface area contributed by atoms with E-state index in [4.69, 9.17) is 14.9 Å². The van der Waals surface area contributed by atoms with Crippen molar-refractivity contribution in [2.24, 2.45) is 11.1 Å². The maximum atomic E-state index is 12.5. The summed E-state index contributed by atoms with van der Waals surface area (Å²) >= 11 is 0. The Bertz CT molecular complexity index is 349. The highest BCUT2D eigenvalue weighted by atomic mass is 28.3. The largest absolute Gasteiger partial charge is 0.444 e. The summed E-state index contributed by atoms with van der Waals surface area (Å²) in [7, 11) is -1.28. The van der Waals surface area contributed by atoms with Crippen molar-refractivity contribution in [3.63, 3.8) is 0 Å². The Kier molecular flexibility index (Phi) is 9.39. The molecule has 0 aromatic carbocycles. The Morgan fingerprint density at radius 2 is 1.74 bits per heavy atom. The smallest absolute Gasteiger partial charge is 0.412 e. The molecule has 5 nitrogen and oxygen atoms in total. The van der Waals surface area contributed by atoms with Crippen molar-refractivity contribution in [1.82, 2.24) is 4.90 Å². The van der Waals surface area contributed by atoms with Gasteiger partial charge in [0.1, 0.15) is 11.8 Å². The number of carbonyl (C=O) groups is 1. The van der Waals surface area contributed by atoms with Gasteiger partial charge in [-0.1, -0.05) is 20.8 Å². The Labute approximate surface area is 144 Å². The average Bonchev–Trinajstić information content (AvgIpc) is 2.30. The number of nitrogens with zero attached hydrogens (tertiary/aromatic N) is 1. The molecule has 0 heterocycles. The Morgan fingerprint density at radius 3 is 2.13 bits per heavy atom. The average molecular weight is 347 g/mol. The van der Waals surface area contributed by atoms with E-state index < -0.39 is 14.6 Å². The van der Waals surface area contributed by atoms with E-state index >= 15 is 0 Å². The number of hydrogen-bond acceptors (Lipinski definition) is 4. The molecular formula is C17H38N2O3Si. The second kappa shape index (κ2) is 9.64. The van der Waals surface area contributed by atoms with Gasteiger partial charge >= 0.3 is 6.09 Å². The van der Waals surface area contributed by atoms with Crippen molar-refractivity contribution in [1.29, 1.82) is 0 Å². The molecule has 0 fully saturated rings. The fraction of sp³-hybridized carbons (Fsp3) is 0.941. The zero-order chi connectivity index (χ0) is 18.3. The number of rotatable bonds is 8. The van der Waals surface area contributed by atoms with Crippen molar-refractivity contribution in [3.05, 3.63) is 0 Å². The molecule has 0 rings (SSSR count). The number of carbonyl (C=O) groups excluding carboxylic acids is 1. The molecule has 0 radical (unpaired) electrons. The van der Waals surface area contributed by atoms with Crippen LogP contribution in [0.25, 0.3) is 0 Å².